The molecule has 214 valence electrons. The quantitative estimate of drug-likeness (QED) is 0.299. The predicted molar refractivity (Wildman–Crippen MR) is 143 cm³/mol. The van der Waals surface area contributed by atoms with Gasteiger partial charge in [0, 0.05) is 30.6 Å². The molecule has 1 fully saturated rings. The van der Waals surface area contributed by atoms with Crippen LogP contribution in [-0.4, -0.2) is 64.3 Å². The first-order chi connectivity index (χ1) is 18.4. The molecule has 0 spiro atoms. The van der Waals surface area contributed by atoms with Gasteiger partial charge < -0.3 is 14.2 Å². The van der Waals surface area contributed by atoms with Gasteiger partial charge in [0.1, 0.15) is 21.4 Å². The lowest BCUT2D eigenvalue weighted by Crippen LogP contribution is -2.39. The zero-order valence-corrected chi connectivity index (χ0v) is 23.1. The lowest BCUT2D eigenvalue weighted by Gasteiger charge is -2.33. The highest BCUT2D eigenvalue weighted by molar-refractivity contribution is 7.91. The third-order valence-electron chi connectivity index (χ3n) is 6.48. The number of hydrogen-bond acceptors (Lipinski definition) is 9. The molecule has 0 radical (unpaired) electrons. The van der Waals surface area contributed by atoms with Crippen LogP contribution in [0.15, 0.2) is 53.1 Å². The molecule has 5 rings (SSSR count). The van der Waals surface area contributed by atoms with Gasteiger partial charge in [-0.25, -0.2) is 18.1 Å². The molecule has 0 amide bonds. The molecule has 2 aromatic heterocycles. The number of piperidine rings is 1. The van der Waals surface area contributed by atoms with Crippen molar-refractivity contribution in [2.75, 3.05) is 24.2 Å². The SMILES string of the molecule is Cc1nc(-c2nc(-c3ccc(OC(F)(F)F)cc3)no2)nn1Cc1cccc(N2CCC(S(C)(=O)=O)CC2)c1.Cl. The van der Waals surface area contributed by atoms with E-state index in [1.807, 2.05) is 18.2 Å². The van der Waals surface area contributed by atoms with Crippen molar-refractivity contribution in [2.45, 2.75) is 37.9 Å². The summed E-state index contributed by atoms with van der Waals surface area (Å²) >= 11 is 0. The molecule has 1 aliphatic heterocycles. The van der Waals surface area contributed by atoms with Gasteiger partial charge in [0.2, 0.25) is 11.6 Å². The smallest absolute Gasteiger partial charge is 0.406 e. The second kappa shape index (κ2) is 11.5. The van der Waals surface area contributed by atoms with Crippen LogP contribution >= 0.6 is 12.4 Å². The number of halogens is 4. The lowest BCUT2D eigenvalue weighted by molar-refractivity contribution is -0.274. The van der Waals surface area contributed by atoms with E-state index in [1.165, 1.54) is 18.4 Å². The van der Waals surface area contributed by atoms with Crippen molar-refractivity contribution >= 4 is 27.9 Å². The molecule has 2 aromatic carbocycles. The van der Waals surface area contributed by atoms with Crippen LogP contribution in [-0.2, 0) is 16.4 Å². The fourth-order valence-electron chi connectivity index (χ4n) is 4.46. The monoisotopic (exact) mass is 598 g/mol. The van der Waals surface area contributed by atoms with E-state index in [0.717, 1.165) is 23.4 Å². The number of aryl methyl sites for hydroxylation is 1. The normalized spacial score (nSPS) is 14.7. The minimum absolute atomic E-state index is 0. The number of hydrogen-bond donors (Lipinski definition) is 0. The van der Waals surface area contributed by atoms with Gasteiger partial charge in [0.05, 0.1) is 11.8 Å². The highest BCUT2D eigenvalue weighted by Gasteiger charge is 2.31. The second-order valence-corrected chi connectivity index (χ2v) is 11.6. The number of benzene rings is 2. The van der Waals surface area contributed by atoms with E-state index < -0.39 is 16.2 Å². The van der Waals surface area contributed by atoms with Crippen LogP contribution in [0.3, 0.4) is 0 Å². The maximum absolute atomic E-state index is 12.4. The molecule has 0 saturated carbocycles. The zero-order chi connectivity index (χ0) is 27.8. The number of alkyl halides is 3. The van der Waals surface area contributed by atoms with Gasteiger partial charge in [-0.1, -0.05) is 17.3 Å². The highest BCUT2D eigenvalue weighted by Crippen LogP contribution is 2.27. The van der Waals surface area contributed by atoms with Crippen LogP contribution in [0.1, 0.15) is 24.2 Å². The minimum Gasteiger partial charge on any atom is -0.406 e. The molecule has 0 bridgehead atoms. The minimum atomic E-state index is -4.78. The summed E-state index contributed by atoms with van der Waals surface area (Å²) in [4.78, 5) is 10.9. The number of rotatable bonds is 7. The third-order valence-corrected chi connectivity index (χ3v) is 8.16. The summed E-state index contributed by atoms with van der Waals surface area (Å²) in [5, 5.41) is 8.10. The fraction of sp³-hybridized carbons (Fsp3) is 0.360. The molecule has 1 saturated heterocycles. The molecule has 4 aromatic rings. The van der Waals surface area contributed by atoms with Gasteiger partial charge >= 0.3 is 6.36 Å². The standard InChI is InChI=1S/C25H25F3N6O4S.ClH/c1-16-29-23(24-30-22(32-38-24)18-6-8-20(9-7-18)37-25(26,27)28)31-34(16)15-17-4-3-5-19(14-17)33-12-10-21(11-13-33)39(2,35)36;/h3-9,14,21H,10-13,15H2,1-2H3;1H. The summed E-state index contributed by atoms with van der Waals surface area (Å²) < 4.78 is 71.8. The Kier molecular flexibility index (Phi) is 8.40. The van der Waals surface area contributed by atoms with Crippen molar-refractivity contribution in [3.05, 3.63) is 59.9 Å². The van der Waals surface area contributed by atoms with Gasteiger partial charge in [0.15, 0.2) is 0 Å². The van der Waals surface area contributed by atoms with Crippen LogP contribution in [0.2, 0.25) is 0 Å². The number of sulfone groups is 1. The molecule has 15 heteroatoms. The van der Waals surface area contributed by atoms with Crippen molar-refractivity contribution < 1.29 is 30.8 Å². The van der Waals surface area contributed by atoms with Crippen LogP contribution in [0, 0.1) is 6.92 Å². The summed E-state index contributed by atoms with van der Waals surface area (Å²) in [6.45, 7) is 3.58. The molecular formula is C25H26ClF3N6O4S. The van der Waals surface area contributed by atoms with E-state index in [9.17, 15) is 21.6 Å². The summed E-state index contributed by atoms with van der Waals surface area (Å²) in [5.74, 6) is 0.739. The first-order valence-electron chi connectivity index (χ1n) is 12.1. The van der Waals surface area contributed by atoms with Crippen LogP contribution < -0.4 is 9.64 Å². The Bertz CT molecular complexity index is 1570. The predicted octanol–water partition coefficient (Wildman–Crippen LogP) is 4.69. The van der Waals surface area contributed by atoms with Crippen molar-refractivity contribution in [1.29, 1.82) is 0 Å². The fourth-order valence-corrected chi connectivity index (χ4v) is 5.53. The van der Waals surface area contributed by atoms with E-state index >= 15 is 0 Å². The first-order valence-corrected chi connectivity index (χ1v) is 14.0. The van der Waals surface area contributed by atoms with Gasteiger partial charge in [-0.2, -0.15) is 4.98 Å². The third kappa shape index (κ3) is 6.91. The van der Waals surface area contributed by atoms with Crippen LogP contribution in [0.4, 0.5) is 18.9 Å². The van der Waals surface area contributed by atoms with Crippen molar-refractivity contribution in [2.24, 2.45) is 0 Å². The van der Waals surface area contributed by atoms with E-state index in [1.54, 1.807) is 11.6 Å². The maximum Gasteiger partial charge on any atom is 0.573 e. The molecule has 0 atom stereocenters. The maximum atomic E-state index is 12.4. The Labute approximate surface area is 234 Å². The molecular weight excluding hydrogens is 573 g/mol. The van der Waals surface area contributed by atoms with Gasteiger partial charge in [-0.05, 0) is 61.7 Å². The first kappa shape index (κ1) is 29.3. The number of nitrogens with zero attached hydrogens (tertiary/aromatic N) is 6. The highest BCUT2D eigenvalue weighted by atomic mass is 35.5. The molecule has 0 N–H and O–H groups in total. The van der Waals surface area contributed by atoms with E-state index in [-0.39, 0.29) is 40.9 Å². The lowest BCUT2D eigenvalue weighted by atomic mass is 10.1. The Hall–Kier alpha value is -3.65. The Balaban J connectivity index is 0.00000370. The summed E-state index contributed by atoms with van der Waals surface area (Å²) in [5.41, 5.74) is 2.45. The average molecular weight is 599 g/mol. The molecule has 1 aliphatic rings. The molecule has 3 heterocycles. The molecule has 10 nitrogen and oxygen atoms in total. The summed E-state index contributed by atoms with van der Waals surface area (Å²) in [6.07, 6.45) is -2.27. The number of ether oxygens (including phenoxy) is 1. The molecule has 0 aliphatic carbocycles. The summed E-state index contributed by atoms with van der Waals surface area (Å²) in [6, 6.07) is 13.1. The Morgan fingerprint density at radius 2 is 1.75 bits per heavy atom. The van der Waals surface area contributed by atoms with Gasteiger partial charge in [0.25, 0.3) is 5.89 Å². The topological polar surface area (TPSA) is 116 Å². The average Bonchev–Trinajstić information content (AvgIpc) is 3.51. The van der Waals surface area contributed by atoms with Gasteiger partial charge in [-0.15, -0.1) is 30.7 Å². The largest absolute Gasteiger partial charge is 0.573 e. The summed E-state index contributed by atoms with van der Waals surface area (Å²) in [7, 11) is -3.03. The van der Waals surface area contributed by atoms with E-state index in [2.05, 4.69) is 35.9 Å². The number of anilines is 1. The van der Waals surface area contributed by atoms with Crippen LogP contribution in [0.5, 0.6) is 5.75 Å². The van der Waals surface area contributed by atoms with E-state index in [4.69, 9.17) is 4.52 Å². The number of aromatic nitrogens is 5. The Morgan fingerprint density at radius 1 is 1.05 bits per heavy atom. The van der Waals surface area contributed by atoms with Crippen LogP contribution in [0.25, 0.3) is 23.1 Å². The second-order valence-electron chi connectivity index (χ2n) is 9.32. The van der Waals surface area contributed by atoms with Gasteiger partial charge in [-0.3, -0.25) is 0 Å². The molecule has 40 heavy (non-hydrogen) atoms. The van der Waals surface area contributed by atoms with Crippen molar-refractivity contribution in [3.8, 4) is 28.9 Å². The van der Waals surface area contributed by atoms with Crippen molar-refractivity contribution in [3.63, 3.8) is 0 Å². The van der Waals surface area contributed by atoms with E-state index in [0.29, 0.717) is 43.9 Å². The Morgan fingerprint density at radius 3 is 2.40 bits per heavy atom. The molecule has 0 unspecified atom stereocenters. The van der Waals surface area contributed by atoms with Crippen molar-refractivity contribution in [1.82, 2.24) is 24.9 Å². The zero-order valence-electron chi connectivity index (χ0n) is 21.5.